The van der Waals surface area contributed by atoms with Crippen LogP contribution in [-0.4, -0.2) is 29.8 Å². The number of aliphatic hydroxyl groups excluding tert-OH is 1. The summed E-state index contributed by atoms with van der Waals surface area (Å²) in [4.78, 5) is 10.7. The highest BCUT2D eigenvalue weighted by Gasteiger charge is 2.19. The van der Waals surface area contributed by atoms with Crippen molar-refractivity contribution in [3.05, 3.63) is 0 Å². The Morgan fingerprint density at radius 1 is 1.73 bits per heavy atom. The number of carbonyl (C=O) groups excluding carboxylic acids is 1. The number of hydrogen-bond acceptors (Lipinski definition) is 4. The van der Waals surface area contributed by atoms with E-state index in [0.29, 0.717) is 6.61 Å². The van der Waals surface area contributed by atoms with Gasteiger partial charge in [0.25, 0.3) is 0 Å². The Balaban J connectivity index is 0. The number of aliphatic hydroxyl groups is 1. The van der Waals surface area contributed by atoms with Gasteiger partial charge < -0.3 is 15.6 Å². The maximum atomic E-state index is 10.7. The third kappa shape index (κ3) is 5.01. The molecular weight excluding hydrogens is 170 g/mol. The van der Waals surface area contributed by atoms with Crippen molar-refractivity contribution in [1.29, 1.82) is 0 Å². The zero-order valence-electron chi connectivity index (χ0n) is 6.61. The molecule has 0 aliphatic heterocycles. The third-order valence-electron chi connectivity index (χ3n) is 1.08. The molecule has 0 fully saturated rings. The van der Waals surface area contributed by atoms with Gasteiger partial charge in [-0.3, -0.25) is 4.79 Å². The smallest absolute Gasteiger partial charge is 0.325 e. The molecule has 4 nitrogen and oxygen atoms in total. The molecule has 1 unspecified atom stereocenters. The lowest BCUT2D eigenvalue weighted by Gasteiger charge is -2.11. The predicted molar refractivity (Wildman–Crippen MR) is 43.5 cm³/mol. The van der Waals surface area contributed by atoms with Crippen molar-refractivity contribution < 1.29 is 14.6 Å². The van der Waals surface area contributed by atoms with Crippen LogP contribution in [0.4, 0.5) is 0 Å². The molecule has 0 amide bonds. The summed E-state index contributed by atoms with van der Waals surface area (Å²) in [5.41, 5.74) is 5.22. The fourth-order valence-corrected chi connectivity index (χ4v) is 0.435. The lowest BCUT2D eigenvalue weighted by molar-refractivity contribution is -0.147. The fourth-order valence-electron chi connectivity index (χ4n) is 0.435. The molecule has 5 heteroatoms. The monoisotopic (exact) mass is 183 g/mol. The second-order valence-electron chi connectivity index (χ2n) is 2.02. The van der Waals surface area contributed by atoms with Gasteiger partial charge in [0.1, 0.15) is 6.04 Å². The van der Waals surface area contributed by atoms with Crippen LogP contribution in [0.3, 0.4) is 0 Å². The van der Waals surface area contributed by atoms with Crippen LogP contribution in [0.1, 0.15) is 13.8 Å². The fraction of sp³-hybridized carbons (Fsp3) is 0.833. The normalized spacial score (nSPS) is 14.5. The minimum atomic E-state index is -0.917. The molecule has 0 spiro atoms. The topological polar surface area (TPSA) is 72.5 Å². The zero-order valence-corrected chi connectivity index (χ0v) is 7.43. The number of halogens is 1. The van der Waals surface area contributed by atoms with Crippen LogP contribution in [-0.2, 0) is 9.53 Å². The van der Waals surface area contributed by atoms with Gasteiger partial charge in [-0.1, -0.05) is 0 Å². The van der Waals surface area contributed by atoms with E-state index < -0.39 is 18.1 Å². The van der Waals surface area contributed by atoms with E-state index >= 15 is 0 Å². The van der Waals surface area contributed by atoms with Crippen LogP contribution in [0.25, 0.3) is 0 Å². The van der Waals surface area contributed by atoms with Gasteiger partial charge in [0.05, 0.1) is 12.7 Å². The number of esters is 1. The number of rotatable bonds is 3. The summed E-state index contributed by atoms with van der Waals surface area (Å²) in [7, 11) is 0. The molecule has 0 radical (unpaired) electrons. The van der Waals surface area contributed by atoms with Gasteiger partial charge in [0.15, 0.2) is 0 Å². The van der Waals surface area contributed by atoms with Gasteiger partial charge in [0.2, 0.25) is 0 Å². The highest BCUT2D eigenvalue weighted by atomic mass is 35.5. The standard InChI is InChI=1S/C6H13NO3.ClH/c1-3-10-6(9)5(7)4(2)8;/h4-5,8H,3,7H2,1-2H3;1H/t4?,5-;/m0./s1. The summed E-state index contributed by atoms with van der Waals surface area (Å²) < 4.78 is 4.54. The first-order valence-electron chi connectivity index (χ1n) is 3.19. The number of nitrogens with two attached hydrogens (primary N) is 1. The van der Waals surface area contributed by atoms with E-state index in [-0.39, 0.29) is 12.4 Å². The van der Waals surface area contributed by atoms with Crippen molar-refractivity contribution >= 4 is 18.4 Å². The average Bonchev–Trinajstić information content (AvgIpc) is 1.87. The highest BCUT2D eigenvalue weighted by Crippen LogP contribution is 1.91. The second kappa shape index (κ2) is 6.39. The average molecular weight is 184 g/mol. The van der Waals surface area contributed by atoms with Crippen molar-refractivity contribution in [1.82, 2.24) is 0 Å². The van der Waals surface area contributed by atoms with E-state index in [1.54, 1.807) is 6.92 Å². The summed E-state index contributed by atoms with van der Waals surface area (Å²) in [5, 5.41) is 8.79. The molecule has 0 saturated carbocycles. The van der Waals surface area contributed by atoms with Gasteiger partial charge in [-0.25, -0.2) is 0 Å². The van der Waals surface area contributed by atoms with Crippen molar-refractivity contribution in [2.45, 2.75) is 26.0 Å². The molecule has 0 aromatic rings. The lowest BCUT2D eigenvalue weighted by Crippen LogP contribution is -2.41. The third-order valence-corrected chi connectivity index (χ3v) is 1.08. The van der Waals surface area contributed by atoms with Gasteiger partial charge >= 0.3 is 5.97 Å². The summed E-state index contributed by atoms with van der Waals surface area (Å²) in [6.07, 6.45) is -0.848. The zero-order chi connectivity index (χ0) is 8.15. The Labute approximate surface area is 72.1 Å². The predicted octanol–water partition coefficient (Wildman–Crippen LogP) is -0.321. The van der Waals surface area contributed by atoms with Crippen molar-refractivity contribution in [2.24, 2.45) is 5.73 Å². The van der Waals surface area contributed by atoms with E-state index in [9.17, 15) is 4.79 Å². The minimum absolute atomic E-state index is 0. The van der Waals surface area contributed by atoms with Crippen LogP contribution in [0.2, 0.25) is 0 Å². The van der Waals surface area contributed by atoms with Crippen molar-refractivity contribution in [2.75, 3.05) is 6.61 Å². The summed E-state index contributed by atoms with van der Waals surface area (Å²) >= 11 is 0. The molecule has 11 heavy (non-hydrogen) atoms. The number of ether oxygens (including phenoxy) is 1. The second-order valence-corrected chi connectivity index (χ2v) is 2.02. The lowest BCUT2D eigenvalue weighted by atomic mass is 10.2. The molecule has 0 heterocycles. The van der Waals surface area contributed by atoms with Crippen LogP contribution >= 0.6 is 12.4 Å². The molecule has 0 aromatic heterocycles. The van der Waals surface area contributed by atoms with Crippen LogP contribution in [0.5, 0.6) is 0 Å². The van der Waals surface area contributed by atoms with Crippen LogP contribution < -0.4 is 5.73 Å². The quantitative estimate of drug-likeness (QED) is 0.589. The molecule has 2 atom stereocenters. The summed E-state index contributed by atoms with van der Waals surface area (Å²) in [5.74, 6) is -0.558. The highest BCUT2D eigenvalue weighted by molar-refractivity contribution is 5.85. The Bertz CT molecular complexity index is 118. The first-order valence-corrected chi connectivity index (χ1v) is 3.19. The Morgan fingerprint density at radius 2 is 2.18 bits per heavy atom. The molecule has 0 rings (SSSR count). The van der Waals surface area contributed by atoms with Crippen molar-refractivity contribution in [3.63, 3.8) is 0 Å². The molecule has 0 bridgehead atoms. The SMILES string of the molecule is CCOC(=O)[C@@H](N)C(C)O.Cl. The minimum Gasteiger partial charge on any atom is -0.465 e. The van der Waals surface area contributed by atoms with E-state index in [0.717, 1.165) is 0 Å². The Kier molecular flexibility index (Phi) is 7.72. The van der Waals surface area contributed by atoms with Crippen molar-refractivity contribution in [3.8, 4) is 0 Å². The Hall–Kier alpha value is -0.320. The van der Waals surface area contributed by atoms with Crippen LogP contribution in [0, 0.1) is 0 Å². The number of hydrogen-bond donors (Lipinski definition) is 2. The van der Waals surface area contributed by atoms with E-state index in [1.165, 1.54) is 6.92 Å². The summed E-state index contributed by atoms with van der Waals surface area (Å²) in [6.45, 7) is 3.42. The first-order chi connectivity index (χ1) is 4.59. The summed E-state index contributed by atoms with van der Waals surface area (Å²) in [6, 6.07) is -0.917. The Morgan fingerprint density at radius 3 is 2.45 bits per heavy atom. The van der Waals surface area contributed by atoms with Crippen LogP contribution in [0.15, 0.2) is 0 Å². The maximum Gasteiger partial charge on any atom is 0.325 e. The van der Waals surface area contributed by atoms with E-state index in [4.69, 9.17) is 10.8 Å². The molecule has 0 aliphatic carbocycles. The van der Waals surface area contributed by atoms with Gasteiger partial charge in [0, 0.05) is 0 Å². The molecular formula is C6H14ClNO3. The molecule has 68 valence electrons. The first kappa shape index (κ1) is 13.3. The van der Waals surface area contributed by atoms with E-state index in [1.807, 2.05) is 0 Å². The largest absolute Gasteiger partial charge is 0.465 e. The van der Waals surface area contributed by atoms with Gasteiger partial charge in [-0.2, -0.15) is 0 Å². The molecule has 0 aromatic carbocycles. The van der Waals surface area contributed by atoms with Gasteiger partial charge in [-0.15, -0.1) is 12.4 Å². The molecule has 3 N–H and O–H groups in total. The van der Waals surface area contributed by atoms with E-state index in [2.05, 4.69) is 4.74 Å². The van der Waals surface area contributed by atoms with Gasteiger partial charge in [-0.05, 0) is 13.8 Å². The molecule has 0 saturated heterocycles. The molecule has 0 aliphatic rings. The number of carbonyl (C=O) groups is 1. The maximum absolute atomic E-state index is 10.7.